The lowest BCUT2D eigenvalue weighted by atomic mass is 10.2. The van der Waals surface area contributed by atoms with Crippen LogP contribution in [0.3, 0.4) is 0 Å². The Morgan fingerprint density at radius 2 is 1.62 bits per heavy atom. The highest BCUT2D eigenvalue weighted by atomic mass is 35.5. The number of hydrogen-bond acceptors (Lipinski definition) is 4. The molecule has 0 saturated carbocycles. The number of piperazine rings is 1. The van der Waals surface area contributed by atoms with Gasteiger partial charge in [-0.2, -0.15) is 17.5 Å². The molecule has 3 rings (SSSR count). The second-order valence-corrected chi connectivity index (χ2v) is 8.12. The largest absolute Gasteiger partial charge is 0.416 e. The smallest absolute Gasteiger partial charge is 0.354 e. The van der Waals surface area contributed by atoms with Gasteiger partial charge in [0.05, 0.1) is 10.5 Å². The number of pyridine rings is 1. The van der Waals surface area contributed by atoms with E-state index in [-0.39, 0.29) is 36.9 Å². The summed E-state index contributed by atoms with van der Waals surface area (Å²) in [5.41, 5.74) is -0.779. The summed E-state index contributed by atoms with van der Waals surface area (Å²) in [6.45, 7) is 0.814. The maximum Gasteiger partial charge on any atom is 0.416 e. The summed E-state index contributed by atoms with van der Waals surface area (Å²) in [6, 6.07) is 7.74. The van der Waals surface area contributed by atoms with Gasteiger partial charge in [-0.25, -0.2) is 13.4 Å². The molecule has 0 unspecified atom stereocenters. The Bertz CT molecular complexity index is 880. The van der Waals surface area contributed by atoms with Crippen molar-refractivity contribution in [2.24, 2.45) is 0 Å². The zero-order chi connectivity index (χ0) is 18.9. The van der Waals surface area contributed by atoms with Gasteiger partial charge in [0.2, 0.25) is 10.0 Å². The van der Waals surface area contributed by atoms with Gasteiger partial charge < -0.3 is 4.90 Å². The molecule has 1 aromatic heterocycles. The molecule has 0 radical (unpaired) electrons. The maximum absolute atomic E-state index is 12.8. The maximum atomic E-state index is 12.8. The van der Waals surface area contributed by atoms with Crippen molar-refractivity contribution >= 4 is 27.4 Å². The van der Waals surface area contributed by atoms with E-state index in [1.807, 2.05) is 0 Å². The van der Waals surface area contributed by atoms with Crippen molar-refractivity contribution in [3.05, 3.63) is 53.2 Å². The van der Waals surface area contributed by atoms with Crippen LogP contribution in [0.25, 0.3) is 0 Å². The lowest BCUT2D eigenvalue weighted by Crippen LogP contribution is -2.48. The van der Waals surface area contributed by atoms with Crippen LogP contribution in [0.4, 0.5) is 19.0 Å². The summed E-state index contributed by atoms with van der Waals surface area (Å²) in [7, 11) is -3.67. The fraction of sp³-hybridized carbons (Fsp3) is 0.312. The van der Waals surface area contributed by atoms with Gasteiger partial charge in [-0.1, -0.05) is 11.6 Å². The Labute approximate surface area is 154 Å². The van der Waals surface area contributed by atoms with Crippen molar-refractivity contribution in [2.75, 3.05) is 31.1 Å². The summed E-state index contributed by atoms with van der Waals surface area (Å²) in [4.78, 5) is 5.75. The first-order valence-electron chi connectivity index (χ1n) is 7.72. The van der Waals surface area contributed by atoms with E-state index in [4.69, 9.17) is 11.6 Å². The van der Waals surface area contributed by atoms with Crippen molar-refractivity contribution in [3.63, 3.8) is 0 Å². The van der Waals surface area contributed by atoms with Crippen molar-refractivity contribution < 1.29 is 21.6 Å². The van der Waals surface area contributed by atoms with E-state index in [0.29, 0.717) is 5.02 Å². The Balaban J connectivity index is 1.72. The SMILES string of the molecule is O=S(=O)(c1ccc(Cl)cc1)N1CCN(c2cc(C(F)(F)F)ccn2)CC1. The average Bonchev–Trinajstić information content (AvgIpc) is 2.62. The number of halogens is 4. The monoisotopic (exact) mass is 405 g/mol. The molecule has 0 aliphatic carbocycles. The minimum Gasteiger partial charge on any atom is -0.354 e. The number of benzene rings is 1. The first-order chi connectivity index (χ1) is 12.2. The molecule has 0 spiro atoms. The van der Waals surface area contributed by atoms with Crippen LogP contribution in [0.2, 0.25) is 5.02 Å². The first kappa shape index (κ1) is 18.9. The quantitative estimate of drug-likeness (QED) is 0.786. The molecule has 1 aliphatic rings. The molecule has 5 nitrogen and oxygen atoms in total. The molecular weight excluding hydrogens is 391 g/mol. The van der Waals surface area contributed by atoms with E-state index < -0.39 is 21.8 Å². The Morgan fingerprint density at radius 3 is 2.19 bits per heavy atom. The van der Waals surface area contributed by atoms with Crippen LogP contribution in [0.1, 0.15) is 5.56 Å². The summed E-state index contributed by atoms with van der Waals surface area (Å²) in [5.74, 6) is 0.184. The minimum absolute atomic E-state index is 0.132. The lowest BCUT2D eigenvalue weighted by molar-refractivity contribution is -0.137. The highest BCUT2D eigenvalue weighted by Gasteiger charge is 2.32. The first-order valence-corrected chi connectivity index (χ1v) is 9.54. The molecule has 2 aromatic rings. The van der Waals surface area contributed by atoms with Gasteiger partial charge in [-0.05, 0) is 36.4 Å². The van der Waals surface area contributed by atoms with Gasteiger partial charge in [0.15, 0.2) is 0 Å². The molecule has 0 amide bonds. The van der Waals surface area contributed by atoms with Gasteiger partial charge in [-0.15, -0.1) is 0 Å². The molecule has 0 atom stereocenters. The third-order valence-corrected chi connectivity index (χ3v) is 6.25. The normalized spacial score (nSPS) is 16.7. The molecular formula is C16H15ClF3N3O2S. The van der Waals surface area contributed by atoms with Crippen molar-refractivity contribution in [1.29, 1.82) is 0 Å². The van der Waals surface area contributed by atoms with E-state index in [9.17, 15) is 21.6 Å². The molecule has 0 bridgehead atoms. The number of hydrogen-bond donors (Lipinski definition) is 0. The van der Waals surface area contributed by atoms with E-state index in [2.05, 4.69) is 4.98 Å². The molecule has 140 valence electrons. The molecule has 10 heteroatoms. The van der Waals surface area contributed by atoms with Gasteiger partial charge in [0, 0.05) is 37.4 Å². The topological polar surface area (TPSA) is 53.5 Å². The Kier molecular flexibility index (Phi) is 5.14. The zero-order valence-corrected chi connectivity index (χ0v) is 15.0. The van der Waals surface area contributed by atoms with Crippen LogP contribution in [-0.4, -0.2) is 43.9 Å². The fourth-order valence-corrected chi connectivity index (χ4v) is 4.23. The molecule has 1 saturated heterocycles. The van der Waals surface area contributed by atoms with Crippen LogP contribution in [0.5, 0.6) is 0 Å². The Hall–Kier alpha value is -1.84. The number of aromatic nitrogens is 1. The highest BCUT2D eigenvalue weighted by molar-refractivity contribution is 7.89. The van der Waals surface area contributed by atoms with Gasteiger partial charge in [0.25, 0.3) is 0 Å². The average molecular weight is 406 g/mol. The number of anilines is 1. The third kappa shape index (κ3) is 3.94. The second kappa shape index (κ2) is 7.05. The van der Waals surface area contributed by atoms with Crippen LogP contribution in [0.15, 0.2) is 47.5 Å². The van der Waals surface area contributed by atoms with E-state index in [0.717, 1.165) is 18.3 Å². The van der Waals surface area contributed by atoms with Crippen molar-refractivity contribution in [3.8, 4) is 0 Å². The summed E-state index contributed by atoms with van der Waals surface area (Å²) in [5, 5.41) is 0.435. The Morgan fingerprint density at radius 1 is 1.00 bits per heavy atom. The summed E-state index contributed by atoms with van der Waals surface area (Å²) < 4.78 is 65.0. The summed E-state index contributed by atoms with van der Waals surface area (Å²) >= 11 is 5.78. The van der Waals surface area contributed by atoms with E-state index in [1.165, 1.54) is 28.6 Å². The van der Waals surface area contributed by atoms with Crippen molar-refractivity contribution in [2.45, 2.75) is 11.1 Å². The molecule has 1 fully saturated rings. The predicted molar refractivity (Wildman–Crippen MR) is 91.7 cm³/mol. The van der Waals surface area contributed by atoms with Gasteiger partial charge >= 0.3 is 6.18 Å². The minimum atomic E-state index is -4.45. The summed E-state index contributed by atoms with van der Waals surface area (Å²) in [6.07, 6.45) is -3.34. The van der Waals surface area contributed by atoms with E-state index >= 15 is 0 Å². The molecule has 0 N–H and O–H groups in total. The van der Waals surface area contributed by atoms with Crippen molar-refractivity contribution in [1.82, 2.24) is 9.29 Å². The fourth-order valence-electron chi connectivity index (χ4n) is 2.68. The van der Waals surface area contributed by atoms with Gasteiger partial charge in [-0.3, -0.25) is 0 Å². The lowest BCUT2D eigenvalue weighted by Gasteiger charge is -2.34. The van der Waals surface area contributed by atoms with Gasteiger partial charge in [0.1, 0.15) is 5.82 Å². The van der Waals surface area contributed by atoms with Crippen LogP contribution in [-0.2, 0) is 16.2 Å². The number of sulfonamides is 1. The second-order valence-electron chi connectivity index (χ2n) is 5.75. The van der Waals surface area contributed by atoms with Crippen LogP contribution < -0.4 is 4.90 Å². The highest BCUT2D eigenvalue weighted by Crippen LogP contribution is 2.31. The molecule has 1 aliphatic heterocycles. The third-order valence-electron chi connectivity index (χ3n) is 4.09. The standard InChI is InChI=1S/C16H15ClF3N3O2S/c17-13-1-3-14(4-2-13)26(24,25)23-9-7-22(8-10-23)15-11-12(5-6-21-15)16(18,19)20/h1-6,11H,7-10H2. The predicted octanol–water partition coefficient (Wildman–Crippen LogP) is 3.26. The number of nitrogens with zero attached hydrogens (tertiary/aromatic N) is 3. The molecule has 26 heavy (non-hydrogen) atoms. The number of rotatable bonds is 3. The van der Waals surface area contributed by atoms with E-state index in [1.54, 1.807) is 4.90 Å². The molecule has 1 aromatic carbocycles. The molecule has 2 heterocycles. The zero-order valence-electron chi connectivity index (χ0n) is 13.4. The number of alkyl halides is 3. The van der Waals surface area contributed by atoms with Crippen LogP contribution in [0, 0.1) is 0 Å². The van der Waals surface area contributed by atoms with Crippen LogP contribution >= 0.6 is 11.6 Å².